The molecule has 1 heterocycles. The van der Waals surface area contributed by atoms with E-state index in [0.29, 0.717) is 24.4 Å². The van der Waals surface area contributed by atoms with Crippen molar-refractivity contribution in [3.8, 4) is 6.07 Å². The number of nitrogens with one attached hydrogen (secondary N) is 1. The summed E-state index contributed by atoms with van der Waals surface area (Å²) < 4.78 is 0. The van der Waals surface area contributed by atoms with Crippen LogP contribution in [0.25, 0.3) is 0 Å². The summed E-state index contributed by atoms with van der Waals surface area (Å²) in [6.45, 7) is 6.08. The molecule has 0 aliphatic carbocycles. The molecule has 0 saturated carbocycles. The van der Waals surface area contributed by atoms with Gasteiger partial charge in [-0.15, -0.1) is 0 Å². The summed E-state index contributed by atoms with van der Waals surface area (Å²) in [6.07, 6.45) is 1.14. The molecule has 5 heteroatoms. The predicted molar refractivity (Wildman–Crippen MR) is 84.5 cm³/mol. The van der Waals surface area contributed by atoms with Crippen LogP contribution in [-0.2, 0) is 11.2 Å². The zero-order chi connectivity index (χ0) is 16.3. The first-order chi connectivity index (χ1) is 10.5. The van der Waals surface area contributed by atoms with Gasteiger partial charge in [0.15, 0.2) is 0 Å². The second-order valence-corrected chi connectivity index (χ2v) is 5.82. The SMILES string of the molecule is CC(=O)N1c2ccc(C(=O)NCCC#N)cc2C[C@@H](C)[C@@H]1C. The number of fused-ring (bicyclic) bond motifs is 1. The van der Waals surface area contributed by atoms with Gasteiger partial charge in [0, 0.05) is 30.8 Å². The molecule has 5 nitrogen and oxygen atoms in total. The fourth-order valence-corrected chi connectivity index (χ4v) is 2.91. The Morgan fingerprint density at radius 3 is 2.77 bits per heavy atom. The Kier molecular flexibility index (Phi) is 4.81. The fraction of sp³-hybridized carbons (Fsp3) is 0.471. The van der Waals surface area contributed by atoms with Gasteiger partial charge in [-0.3, -0.25) is 9.59 Å². The molecule has 1 aromatic rings. The Bertz CT molecular complexity index is 633. The van der Waals surface area contributed by atoms with Crippen molar-refractivity contribution in [3.05, 3.63) is 29.3 Å². The zero-order valence-electron chi connectivity index (χ0n) is 13.2. The summed E-state index contributed by atoms with van der Waals surface area (Å²) >= 11 is 0. The van der Waals surface area contributed by atoms with E-state index >= 15 is 0 Å². The van der Waals surface area contributed by atoms with Crippen molar-refractivity contribution in [2.75, 3.05) is 11.4 Å². The highest BCUT2D eigenvalue weighted by atomic mass is 16.2. The lowest BCUT2D eigenvalue weighted by Crippen LogP contribution is -2.45. The van der Waals surface area contributed by atoms with Crippen LogP contribution in [0.4, 0.5) is 5.69 Å². The summed E-state index contributed by atoms with van der Waals surface area (Å²) in [5.41, 5.74) is 2.49. The van der Waals surface area contributed by atoms with Crippen LogP contribution in [0.1, 0.15) is 43.1 Å². The van der Waals surface area contributed by atoms with E-state index in [1.54, 1.807) is 17.9 Å². The van der Waals surface area contributed by atoms with Gasteiger partial charge >= 0.3 is 0 Å². The quantitative estimate of drug-likeness (QED) is 0.870. The number of amides is 2. The molecule has 22 heavy (non-hydrogen) atoms. The largest absolute Gasteiger partial charge is 0.351 e. The molecule has 1 aromatic carbocycles. The molecule has 1 aliphatic rings. The normalized spacial score (nSPS) is 20.0. The minimum absolute atomic E-state index is 0.0199. The van der Waals surface area contributed by atoms with Crippen molar-refractivity contribution in [1.29, 1.82) is 5.26 Å². The number of hydrogen-bond acceptors (Lipinski definition) is 3. The van der Waals surface area contributed by atoms with Crippen LogP contribution in [-0.4, -0.2) is 24.4 Å². The first-order valence-electron chi connectivity index (χ1n) is 7.53. The number of hydrogen-bond donors (Lipinski definition) is 1. The predicted octanol–water partition coefficient (Wildman–Crippen LogP) is 2.26. The van der Waals surface area contributed by atoms with Crippen LogP contribution in [0.3, 0.4) is 0 Å². The van der Waals surface area contributed by atoms with E-state index in [-0.39, 0.29) is 17.9 Å². The number of anilines is 1. The maximum atomic E-state index is 12.1. The average Bonchev–Trinajstić information content (AvgIpc) is 2.47. The molecule has 0 bridgehead atoms. The number of nitrogens with zero attached hydrogens (tertiary/aromatic N) is 2. The second kappa shape index (κ2) is 6.61. The fourth-order valence-electron chi connectivity index (χ4n) is 2.91. The van der Waals surface area contributed by atoms with Gasteiger partial charge in [0.05, 0.1) is 12.5 Å². The lowest BCUT2D eigenvalue weighted by atomic mass is 9.87. The molecule has 0 aromatic heterocycles. The summed E-state index contributed by atoms with van der Waals surface area (Å²) in [7, 11) is 0. The molecular formula is C17H21N3O2. The Morgan fingerprint density at radius 2 is 2.14 bits per heavy atom. The molecule has 116 valence electrons. The third-order valence-electron chi connectivity index (χ3n) is 4.24. The van der Waals surface area contributed by atoms with Gasteiger partial charge in [-0.05, 0) is 43.0 Å². The van der Waals surface area contributed by atoms with Crippen LogP contribution in [0.15, 0.2) is 18.2 Å². The van der Waals surface area contributed by atoms with Gasteiger partial charge in [-0.25, -0.2) is 0 Å². The molecule has 1 aliphatic heterocycles. The highest BCUT2D eigenvalue weighted by molar-refractivity contribution is 5.97. The van der Waals surface area contributed by atoms with Crippen LogP contribution < -0.4 is 10.2 Å². The summed E-state index contributed by atoms with van der Waals surface area (Å²) in [5.74, 6) is 0.179. The standard InChI is InChI=1S/C17H21N3O2/c1-11-9-15-10-14(17(22)19-8-4-7-18)5-6-16(15)20(12(11)2)13(3)21/h5-6,10-12H,4,8-9H2,1-3H3,(H,19,22)/t11-,12+/m1/s1. The monoisotopic (exact) mass is 299 g/mol. The maximum absolute atomic E-state index is 12.1. The first kappa shape index (κ1) is 16.0. The Hall–Kier alpha value is -2.35. The van der Waals surface area contributed by atoms with Crippen molar-refractivity contribution in [3.63, 3.8) is 0 Å². The van der Waals surface area contributed by atoms with Gasteiger partial charge in [0.25, 0.3) is 5.91 Å². The Morgan fingerprint density at radius 1 is 1.41 bits per heavy atom. The second-order valence-electron chi connectivity index (χ2n) is 5.82. The average molecular weight is 299 g/mol. The number of nitriles is 1. The molecule has 2 atom stereocenters. The Balaban J connectivity index is 2.28. The van der Waals surface area contributed by atoms with E-state index < -0.39 is 0 Å². The molecule has 0 radical (unpaired) electrons. The van der Waals surface area contributed by atoms with E-state index in [1.807, 2.05) is 18.2 Å². The van der Waals surface area contributed by atoms with E-state index in [1.165, 1.54) is 0 Å². The topological polar surface area (TPSA) is 73.2 Å². The number of carbonyl (C=O) groups is 2. The van der Waals surface area contributed by atoms with Gasteiger partial charge in [0.1, 0.15) is 0 Å². The molecule has 2 amide bonds. The summed E-state index contributed by atoms with van der Waals surface area (Å²) in [5, 5.41) is 11.2. The highest BCUT2D eigenvalue weighted by Gasteiger charge is 2.31. The van der Waals surface area contributed by atoms with Crippen LogP contribution in [0.5, 0.6) is 0 Å². The van der Waals surface area contributed by atoms with Crippen molar-refractivity contribution in [2.45, 2.75) is 39.7 Å². The number of carbonyl (C=O) groups excluding carboxylic acids is 2. The smallest absolute Gasteiger partial charge is 0.251 e. The zero-order valence-corrected chi connectivity index (χ0v) is 13.2. The van der Waals surface area contributed by atoms with Gasteiger partial charge in [0.2, 0.25) is 5.91 Å². The van der Waals surface area contributed by atoms with Crippen LogP contribution in [0.2, 0.25) is 0 Å². The minimum atomic E-state index is -0.182. The van der Waals surface area contributed by atoms with Crippen molar-refractivity contribution >= 4 is 17.5 Å². The molecule has 2 rings (SSSR count). The molecule has 0 saturated heterocycles. The first-order valence-corrected chi connectivity index (χ1v) is 7.53. The van der Waals surface area contributed by atoms with Crippen LogP contribution >= 0.6 is 0 Å². The molecule has 0 unspecified atom stereocenters. The molecule has 1 N–H and O–H groups in total. The third kappa shape index (κ3) is 3.11. The minimum Gasteiger partial charge on any atom is -0.351 e. The van der Waals surface area contributed by atoms with Crippen LogP contribution in [0, 0.1) is 17.2 Å². The molecule has 0 spiro atoms. The van der Waals surface area contributed by atoms with Gasteiger partial charge in [-0.2, -0.15) is 5.26 Å². The van der Waals surface area contributed by atoms with Crippen molar-refractivity contribution < 1.29 is 9.59 Å². The third-order valence-corrected chi connectivity index (χ3v) is 4.24. The van der Waals surface area contributed by atoms with E-state index in [9.17, 15) is 9.59 Å². The lowest BCUT2D eigenvalue weighted by Gasteiger charge is -2.39. The maximum Gasteiger partial charge on any atom is 0.251 e. The van der Waals surface area contributed by atoms with E-state index in [4.69, 9.17) is 5.26 Å². The number of rotatable bonds is 3. The van der Waals surface area contributed by atoms with Gasteiger partial charge < -0.3 is 10.2 Å². The highest BCUT2D eigenvalue weighted by Crippen LogP contribution is 2.34. The Labute approximate surface area is 130 Å². The van der Waals surface area contributed by atoms with Crippen molar-refractivity contribution in [1.82, 2.24) is 5.32 Å². The lowest BCUT2D eigenvalue weighted by molar-refractivity contribution is -0.117. The van der Waals surface area contributed by atoms with E-state index in [2.05, 4.69) is 19.2 Å². The van der Waals surface area contributed by atoms with Crippen molar-refractivity contribution in [2.24, 2.45) is 5.92 Å². The summed E-state index contributed by atoms with van der Waals surface area (Å²) in [4.78, 5) is 25.8. The molecule has 0 fully saturated rings. The van der Waals surface area contributed by atoms with Gasteiger partial charge in [-0.1, -0.05) is 6.92 Å². The number of benzene rings is 1. The molecular weight excluding hydrogens is 278 g/mol. The summed E-state index contributed by atoms with van der Waals surface area (Å²) in [6, 6.07) is 7.58. The van der Waals surface area contributed by atoms with E-state index in [0.717, 1.165) is 17.7 Å².